The van der Waals surface area contributed by atoms with Crippen LogP contribution in [0.15, 0.2) is 24.3 Å². The molecule has 0 unspecified atom stereocenters. The highest BCUT2D eigenvalue weighted by Crippen LogP contribution is 2.22. The lowest BCUT2D eigenvalue weighted by Gasteiger charge is -2.40. The summed E-state index contributed by atoms with van der Waals surface area (Å²) in [5, 5.41) is 3.43. The van der Waals surface area contributed by atoms with Gasteiger partial charge in [0.1, 0.15) is 5.82 Å². The second kappa shape index (κ2) is 7.23. The minimum atomic E-state index is -0.113. The molecular formula is C17H28FN3. The molecule has 1 heterocycles. The number of para-hydroxylation sites is 1. The van der Waals surface area contributed by atoms with E-state index in [1.165, 1.54) is 0 Å². The van der Waals surface area contributed by atoms with E-state index >= 15 is 0 Å². The van der Waals surface area contributed by atoms with Gasteiger partial charge in [-0.05, 0) is 24.1 Å². The number of rotatable bonds is 6. The van der Waals surface area contributed by atoms with Crippen molar-refractivity contribution in [1.29, 1.82) is 0 Å². The third-order valence-electron chi connectivity index (χ3n) is 4.07. The van der Waals surface area contributed by atoms with Crippen LogP contribution < -0.4 is 10.2 Å². The zero-order valence-corrected chi connectivity index (χ0v) is 13.5. The van der Waals surface area contributed by atoms with Crippen LogP contribution in [0.1, 0.15) is 20.8 Å². The maximum atomic E-state index is 13.8. The van der Waals surface area contributed by atoms with Gasteiger partial charge in [0.05, 0.1) is 5.69 Å². The number of halogens is 1. The van der Waals surface area contributed by atoms with Crippen molar-refractivity contribution < 1.29 is 4.39 Å². The van der Waals surface area contributed by atoms with Crippen molar-refractivity contribution in [2.24, 2.45) is 5.41 Å². The molecule has 3 nitrogen and oxygen atoms in total. The van der Waals surface area contributed by atoms with Gasteiger partial charge >= 0.3 is 0 Å². The quantitative estimate of drug-likeness (QED) is 0.870. The van der Waals surface area contributed by atoms with Crippen LogP contribution in [0.4, 0.5) is 10.1 Å². The molecule has 0 spiro atoms. The summed E-state index contributed by atoms with van der Waals surface area (Å²) in [5.74, 6) is -0.113. The van der Waals surface area contributed by atoms with E-state index in [4.69, 9.17) is 0 Å². The van der Waals surface area contributed by atoms with E-state index in [0.717, 1.165) is 51.5 Å². The Hall–Kier alpha value is -1.13. The smallest absolute Gasteiger partial charge is 0.146 e. The van der Waals surface area contributed by atoms with Gasteiger partial charge in [0.2, 0.25) is 0 Å². The van der Waals surface area contributed by atoms with Gasteiger partial charge in [0.25, 0.3) is 0 Å². The molecule has 1 fully saturated rings. The fourth-order valence-corrected chi connectivity index (χ4v) is 2.98. The SMILES string of the molecule is CCNCC(C)(C)CN1CCN(c2ccccc2F)CC1. The average Bonchev–Trinajstić information content (AvgIpc) is 2.46. The average molecular weight is 293 g/mol. The van der Waals surface area contributed by atoms with Crippen LogP contribution in [0.3, 0.4) is 0 Å². The molecule has 118 valence electrons. The number of hydrogen-bond donors (Lipinski definition) is 1. The highest BCUT2D eigenvalue weighted by Gasteiger charge is 2.25. The van der Waals surface area contributed by atoms with Crippen LogP contribution in [0.5, 0.6) is 0 Å². The lowest BCUT2D eigenvalue weighted by atomic mass is 9.92. The maximum Gasteiger partial charge on any atom is 0.146 e. The normalized spacial score (nSPS) is 17.2. The Labute approximate surface area is 128 Å². The summed E-state index contributed by atoms with van der Waals surface area (Å²) in [6.45, 7) is 13.7. The van der Waals surface area contributed by atoms with Crippen molar-refractivity contribution in [1.82, 2.24) is 10.2 Å². The number of anilines is 1. The summed E-state index contributed by atoms with van der Waals surface area (Å²) in [6.07, 6.45) is 0. The molecule has 0 radical (unpaired) electrons. The third kappa shape index (κ3) is 4.68. The first kappa shape index (κ1) is 16.2. The van der Waals surface area contributed by atoms with Crippen LogP contribution in [0.25, 0.3) is 0 Å². The van der Waals surface area contributed by atoms with Crippen LogP contribution in [-0.2, 0) is 0 Å². The predicted molar refractivity (Wildman–Crippen MR) is 87.4 cm³/mol. The molecule has 0 amide bonds. The van der Waals surface area contributed by atoms with Gasteiger partial charge in [-0.15, -0.1) is 0 Å². The first-order valence-corrected chi connectivity index (χ1v) is 7.94. The summed E-state index contributed by atoms with van der Waals surface area (Å²) >= 11 is 0. The fourth-order valence-electron chi connectivity index (χ4n) is 2.98. The van der Waals surface area contributed by atoms with Gasteiger partial charge in [0.15, 0.2) is 0 Å². The van der Waals surface area contributed by atoms with Crippen molar-refractivity contribution in [3.63, 3.8) is 0 Å². The molecule has 0 aliphatic carbocycles. The molecule has 0 aromatic heterocycles. The van der Waals surface area contributed by atoms with Gasteiger partial charge in [-0.25, -0.2) is 4.39 Å². The van der Waals surface area contributed by atoms with E-state index in [1.54, 1.807) is 12.1 Å². The fraction of sp³-hybridized carbons (Fsp3) is 0.647. The minimum absolute atomic E-state index is 0.113. The third-order valence-corrected chi connectivity index (χ3v) is 4.07. The first-order chi connectivity index (χ1) is 10.0. The Kier molecular flexibility index (Phi) is 5.59. The molecule has 1 aliphatic heterocycles. The number of nitrogens with one attached hydrogen (secondary N) is 1. The van der Waals surface area contributed by atoms with E-state index < -0.39 is 0 Å². The Morgan fingerprint density at radius 3 is 2.43 bits per heavy atom. The number of hydrogen-bond acceptors (Lipinski definition) is 3. The summed E-state index contributed by atoms with van der Waals surface area (Å²) in [7, 11) is 0. The van der Waals surface area contributed by atoms with Crippen LogP contribution in [0.2, 0.25) is 0 Å². The van der Waals surface area contributed by atoms with E-state index in [9.17, 15) is 4.39 Å². The van der Waals surface area contributed by atoms with Crippen molar-refractivity contribution in [3.8, 4) is 0 Å². The molecule has 0 atom stereocenters. The second-order valence-electron chi connectivity index (χ2n) is 6.66. The molecule has 21 heavy (non-hydrogen) atoms. The van der Waals surface area contributed by atoms with Gasteiger partial charge in [-0.1, -0.05) is 32.9 Å². The molecule has 1 saturated heterocycles. The van der Waals surface area contributed by atoms with Crippen molar-refractivity contribution in [3.05, 3.63) is 30.1 Å². The lowest BCUT2D eigenvalue weighted by Crippen LogP contribution is -2.50. The van der Waals surface area contributed by atoms with Crippen LogP contribution in [0, 0.1) is 11.2 Å². The Morgan fingerprint density at radius 2 is 1.81 bits per heavy atom. The maximum absolute atomic E-state index is 13.8. The molecule has 0 bridgehead atoms. The highest BCUT2D eigenvalue weighted by atomic mass is 19.1. The van der Waals surface area contributed by atoms with Gasteiger partial charge < -0.3 is 10.2 Å². The molecule has 4 heteroatoms. The molecule has 1 N–H and O–H groups in total. The van der Waals surface area contributed by atoms with Crippen molar-refractivity contribution in [2.45, 2.75) is 20.8 Å². The Bertz CT molecular complexity index is 439. The van der Waals surface area contributed by atoms with Crippen molar-refractivity contribution in [2.75, 3.05) is 50.7 Å². The minimum Gasteiger partial charge on any atom is -0.367 e. The Morgan fingerprint density at radius 1 is 1.14 bits per heavy atom. The second-order valence-corrected chi connectivity index (χ2v) is 6.66. The standard InChI is InChI=1S/C17H28FN3/c1-4-19-13-17(2,3)14-20-9-11-21(12-10-20)16-8-6-5-7-15(16)18/h5-8,19H,4,9-14H2,1-3H3. The summed E-state index contributed by atoms with van der Waals surface area (Å²) < 4.78 is 13.8. The molecular weight excluding hydrogens is 265 g/mol. The van der Waals surface area contributed by atoms with E-state index in [2.05, 4.69) is 35.9 Å². The van der Waals surface area contributed by atoms with E-state index in [1.807, 2.05) is 12.1 Å². The molecule has 2 rings (SSSR count). The van der Waals surface area contributed by atoms with Gasteiger partial charge in [0, 0.05) is 39.3 Å². The number of benzene rings is 1. The zero-order valence-electron chi connectivity index (χ0n) is 13.5. The number of piperazine rings is 1. The summed E-state index contributed by atoms with van der Waals surface area (Å²) in [5.41, 5.74) is 1.01. The predicted octanol–water partition coefficient (Wildman–Crippen LogP) is 2.58. The van der Waals surface area contributed by atoms with Gasteiger partial charge in [-0.3, -0.25) is 4.90 Å². The molecule has 1 aliphatic rings. The van der Waals surface area contributed by atoms with Gasteiger partial charge in [-0.2, -0.15) is 0 Å². The molecule has 1 aromatic rings. The van der Waals surface area contributed by atoms with E-state index in [-0.39, 0.29) is 11.2 Å². The van der Waals surface area contributed by atoms with E-state index in [0.29, 0.717) is 0 Å². The Balaban J connectivity index is 1.85. The zero-order chi connectivity index (χ0) is 15.3. The lowest BCUT2D eigenvalue weighted by molar-refractivity contribution is 0.167. The molecule has 0 saturated carbocycles. The monoisotopic (exact) mass is 293 g/mol. The topological polar surface area (TPSA) is 18.5 Å². The van der Waals surface area contributed by atoms with Crippen LogP contribution >= 0.6 is 0 Å². The van der Waals surface area contributed by atoms with Crippen molar-refractivity contribution >= 4 is 5.69 Å². The first-order valence-electron chi connectivity index (χ1n) is 7.94. The van der Waals surface area contributed by atoms with Crippen LogP contribution in [-0.4, -0.2) is 50.7 Å². The highest BCUT2D eigenvalue weighted by molar-refractivity contribution is 5.47. The largest absolute Gasteiger partial charge is 0.367 e. The summed E-state index contributed by atoms with van der Waals surface area (Å²) in [6, 6.07) is 7.07. The number of nitrogens with zero attached hydrogens (tertiary/aromatic N) is 2. The molecule has 1 aromatic carbocycles. The summed E-state index contributed by atoms with van der Waals surface area (Å²) in [4.78, 5) is 4.65.